The predicted molar refractivity (Wildman–Crippen MR) is 116 cm³/mol. The van der Waals surface area contributed by atoms with Crippen LogP contribution in [0.2, 0.25) is 0 Å². The van der Waals surface area contributed by atoms with Crippen molar-refractivity contribution in [2.24, 2.45) is 0 Å². The highest BCUT2D eigenvalue weighted by molar-refractivity contribution is 5.96. The lowest BCUT2D eigenvalue weighted by Crippen LogP contribution is -2.38. The smallest absolute Gasteiger partial charge is 0.258 e. The fraction of sp³-hybridized carbons (Fsp3) is 0.304. The van der Waals surface area contributed by atoms with Crippen LogP contribution in [0.5, 0.6) is 0 Å². The van der Waals surface area contributed by atoms with Crippen molar-refractivity contribution in [3.63, 3.8) is 0 Å². The molecular formula is C23H26N4O3. The van der Waals surface area contributed by atoms with Crippen LogP contribution in [0.25, 0.3) is 10.9 Å². The molecule has 7 heteroatoms. The lowest BCUT2D eigenvalue weighted by Gasteiger charge is -2.19. The molecule has 3 aromatic rings. The summed E-state index contributed by atoms with van der Waals surface area (Å²) >= 11 is 0. The molecule has 7 nitrogen and oxygen atoms in total. The highest BCUT2D eigenvalue weighted by Crippen LogP contribution is 2.22. The maximum atomic E-state index is 12.4. The minimum Gasteiger partial charge on any atom is -0.343 e. The minimum atomic E-state index is -0.311. The van der Waals surface area contributed by atoms with E-state index in [0.717, 1.165) is 5.56 Å². The molecule has 0 aliphatic heterocycles. The van der Waals surface area contributed by atoms with Gasteiger partial charge in [0.25, 0.3) is 11.5 Å². The topological polar surface area (TPSA) is 95.2 Å². The highest BCUT2D eigenvalue weighted by Gasteiger charge is 2.16. The van der Waals surface area contributed by atoms with E-state index in [1.807, 2.05) is 12.1 Å². The van der Waals surface area contributed by atoms with Crippen LogP contribution in [0.4, 0.5) is 0 Å². The van der Waals surface area contributed by atoms with Gasteiger partial charge in [-0.25, -0.2) is 4.98 Å². The minimum absolute atomic E-state index is 0.00541. The number of H-pyrrole nitrogens is 1. The van der Waals surface area contributed by atoms with E-state index in [0.29, 0.717) is 22.3 Å². The Balaban J connectivity index is 1.59. The van der Waals surface area contributed by atoms with Crippen LogP contribution in [0, 0.1) is 0 Å². The molecule has 2 N–H and O–H groups in total. The zero-order valence-electron chi connectivity index (χ0n) is 17.7. The number of nitrogens with zero attached hydrogens (tertiary/aromatic N) is 2. The van der Waals surface area contributed by atoms with Crippen LogP contribution in [-0.2, 0) is 16.8 Å². The van der Waals surface area contributed by atoms with Gasteiger partial charge in [0, 0.05) is 12.6 Å². The van der Waals surface area contributed by atoms with Crippen molar-refractivity contribution in [1.29, 1.82) is 0 Å². The van der Waals surface area contributed by atoms with E-state index in [-0.39, 0.29) is 35.9 Å². The Kier molecular flexibility index (Phi) is 6.01. The molecule has 0 radical (unpaired) electrons. The number of nitrogens with one attached hydrogen (secondary N) is 2. The maximum Gasteiger partial charge on any atom is 0.258 e. The van der Waals surface area contributed by atoms with Crippen molar-refractivity contribution in [2.45, 2.75) is 32.7 Å². The fourth-order valence-corrected chi connectivity index (χ4v) is 3.04. The van der Waals surface area contributed by atoms with Gasteiger partial charge in [-0.1, -0.05) is 45.0 Å². The van der Waals surface area contributed by atoms with Crippen molar-refractivity contribution >= 4 is 22.7 Å². The molecule has 0 bridgehead atoms. The van der Waals surface area contributed by atoms with E-state index in [2.05, 4.69) is 36.1 Å². The van der Waals surface area contributed by atoms with Crippen LogP contribution in [-0.4, -0.2) is 40.3 Å². The van der Waals surface area contributed by atoms with Crippen molar-refractivity contribution in [3.8, 4) is 0 Å². The van der Waals surface area contributed by atoms with Crippen molar-refractivity contribution < 1.29 is 9.59 Å². The number of fused-ring (bicyclic) bond motifs is 1. The second kappa shape index (κ2) is 8.49. The summed E-state index contributed by atoms with van der Waals surface area (Å²) in [5, 5.41) is 3.14. The predicted octanol–water partition coefficient (Wildman–Crippen LogP) is 2.61. The van der Waals surface area contributed by atoms with E-state index < -0.39 is 0 Å². The molecule has 0 atom stereocenters. The SMILES string of the molecule is CN(Cc1nc2ccccc2c(=O)[nH]1)C(=O)CNC(=O)c1ccc(C(C)(C)C)cc1. The third kappa shape index (κ3) is 4.92. The fourth-order valence-electron chi connectivity index (χ4n) is 3.04. The molecule has 0 spiro atoms. The molecule has 0 aliphatic carbocycles. The summed E-state index contributed by atoms with van der Waals surface area (Å²) in [6, 6.07) is 14.4. The Labute approximate surface area is 175 Å². The zero-order valence-corrected chi connectivity index (χ0v) is 17.7. The number of hydrogen-bond donors (Lipinski definition) is 2. The number of rotatable bonds is 5. The third-order valence-corrected chi connectivity index (χ3v) is 4.89. The van der Waals surface area contributed by atoms with Gasteiger partial charge in [-0.05, 0) is 35.2 Å². The number of aromatic amines is 1. The molecule has 1 heterocycles. The second-order valence-electron chi connectivity index (χ2n) is 8.29. The molecular weight excluding hydrogens is 380 g/mol. The molecule has 2 aromatic carbocycles. The second-order valence-corrected chi connectivity index (χ2v) is 8.29. The van der Waals surface area contributed by atoms with Crippen molar-refractivity contribution in [1.82, 2.24) is 20.2 Å². The van der Waals surface area contributed by atoms with Crippen LogP contribution in [0.3, 0.4) is 0 Å². The highest BCUT2D eigenvalue weighted by atomic mass is 16.2. The van der Waals surface area contributed by atoms with Crippen molar-refractivity contribution in [3.05, 3.63) is 75.8 Å². The molecule has 3 rings (SSSR count). The Morgan fingerprint density at radius 1 is 1.07 bits per heavy atom. The number of hydrogen-bond acceptors (Lipinski definition) is 4. The van der Waals surface area contributed by atoms with Gasteiger partial charge < -0.3 is 15.2 Å². The average Bonchev–Trinajstić information content (AvgIpc) is 2.71. The first-order valence-corrected chi connectivity index (χ1v) is 9.76. The van der Waals surface area contributed by atoms with E-state index in [1.54, 1.807) is 43.4 Å². The summed E-state index contributed by atoms with van der Waals surface area (Å²) < 4.78 is 0. The first-order chi connectivity index (χ1) is 14.1. The molecule has 156 valence electrons. The van der Waals surface area contributed by atoms with Crippen LogP contribution >= 0.6 is 0 Å². The molecule has 0 aliphatic rings. The van der Waals surface area contributed by atoms with Gasteiger partial charge in [0.15, 0.2) is 0 Å². The maximum absolute atomic E-state index is 12.4. The first kappa shape index (κ1) is 21.2. The lowest BCUT2D eigenvalue weighted by atomic mass is 9.87. The molecule has 0 fully saturated rings. The summed E-state index contributed by atoms with van der Waals surface area (Å²) in [5.74, 6) is -0.210. The van der Waals surface area contributed by atoms with Gasteiger partial charge in [-0.3, -0.25) is 14.4 Å². The molecule has 30 heavy (non-hydrogen) atoms. The first-order valence-electron chi connectivity index (χ1n) is 9.76. The van der Waals surface area contributed by atoms with Crippen LogP contribution < -0.4 is 10.9 Å². The molecule has 0 unspecified atom stereocenters. The number of carbonyl (C=O) groups is 2. The number of aromatic nitrogens is 2. The largest absolute Gasteiger partial charge is 0.343 e. The summed E-state index contributed by atoms with van der Waals surface area (Å²) in [6.07, 6.45) is 0. The van der Waals surface area contributed by atoms with Crippen LogP contribution in [0.15, 0.2) is 53.3 Å². The van der Waals surface area contributed by atoms with Gasteiger partial charge in [-0.15, -0.1) is 0 Å². The zero-order chi connectivity index (χ0) is 21.9. The van der Waals surface area contributed by atoms with Crippen LogP contribution in [0.1, 0.15) is 42.5 Å². The number of para-hydroxylation sites is 1. The molecule has 1 aromatic heterocycles. The van der Waals surface area contributed by atoms with Gasteiger partial charge >= 0.3 is 0 Å². The van der Waals surface area contributed by atoms with E-state index in [4.69, 9.17) is 0 Å². The van der Waals surface area contributed by atoms with Gasteiger partial charge in [-0.2, -0.15) is 0 Å². The summed E-state index contributed by atoms with van der Waals surface area (Å²) in [6.45, 7) is 6.31. The van der Waals surface area contributed by atoms with Crippen molar-refractivity contribution in [2.75, 3.05) is 13.6 Å². The summed E-state index contributed by atoms with van der Waals surface area (Å²) in [4.78, 5) is 45.4. The van der Waals surface area contributed by atoms with Gasteiger partial charge in [0.2, 0.25) is 5.91 Å². The quantitative estimate of drug-likeness (QED) is 0.681. The lowest BCUT2D eigenvalue weighted by molar-refractivity contribution is -0.129. The molecule has 0 saturated carbocycles. The van der Waals surface area contributed by atoms with Gasteiger partial charge in [0.05, 0.1) is 24.0 Å². The monoisotopic (exact) mass is 406 g/mol. The van der Waals surface area contributed by atoms with Gasteiger partial charge in [0.1, 0.15) is 5.82 Å². The number of amides is 2. The Morgan fingerprint density at radius 3 is 2.40 bits per heavy atom. The summed E-state index contributed by atoms with van der Waals surface area (Å²) in [5.41, 5.74) is 1.96. The molecule has 0 saturated heterocycles. The standard InChI is InChI=1S/C23H26N4O3/c1-23(2,3)16-11-9-15(10-12-16)21(29)24-13-20(28)27(4)14-19-25-18-8-6-5-7-17(18)22(30)26-19/h5-12H,13-14H2,1-4H3,(H,24,29)(H,25,26,30). The van der Waals surface area contributed by atoms with E-state index in [9.17, 15) is 14.4 Å². The van der Waals surface area contributed by atoms with E-state index >= 15 is 0 Å². The normalized spacial score (nSPS) is 11.3. The Morgan fingerprint density at radius 2 is 1.73 bits per heavy atom. The number of carbonyl (C=O) groups excluding carboxylic acids is 2. The summed E-state index contributed by atoms with van der Waals surface area (Å²) in [7, 11) is 1.60. The van der Waals surface area contributed by atoms with E-state index in [1.165, 1.54) is 4.90 Å². The number of benzene rings is 2. The third-order valence-electron chi connectivity index (χ3n) is 4.89. The Bertz CT molecular complexity index is 1130. The average molecular weight is 406 g/mol. The molecule has 2 amide bonds. The number of likely N-dealkylation sites (N-methyl/N-ethyl adjacent to an activating group) is 1. The Hall–Kier alpha value is -3.48.